The fraction of sp³-hybridized carbons (Fsp3) is 0.750. The highest BCUT2D eigenvalue weighted by atomic mass is 15.1. The normalized spacial score (nSPS) is 22.1. The Morgan fingerprint density at radius 2 is 2.14 bits per heavy atom. The van der Waals surface area contributed by atoms with Crippen LogP contribution >= 0.6 is 0 Å². The highest BCUT2D eigenvalue weighted by molar-refractivity contribution is 5.14. The minimum Gasteiger partial charge on any atom is -0.331 e. The third kappa shape index (κ3) is 1.58. The molecule has 0 aliphatic carbocycles. The Hall–Kier alpha value is -0.790. The number of rotatable bonds is 0. The molecule has 0 bridgehead atoms. The van der Waals surface area contributed by atoms with Gasteiger partial charge in [0.25, 0.3) is 0 Å². The van der Waals surface area contributed by atoms with Gasteiger partial charge in [-0.05, 0) is 18.8 Å². The fourth-order valence-corrected chi connectivity index (χ4v) is 2.21. The van der Waals surface area contributed by atoms with Crippen molar-refractivity contribution < 1.29 is 0 Å². The monoisotopic (exact) mass is 192 g/mol. The largest absolute Gasteiger partial charge is 0.331 e. The third-order valence-corrected chi connectivity index (χ3v) is 3.00. The Bertz CT molecular complexity index is 331. The fourth-order valence-electron chi connectivity index (χ4n) is 2.21. The topological polar surface area (TPSA) is 17.8 Å². The maximum Gasteiger partial charge on any atom is 0.114 e. The zero-order chi connectivity index (χ0) is 10.3. The van der Waals surface area contributed by atoms with Gasteiger partial charge >= 0.3 is 0 Å². The van der Waals surface area contributed by atoms with E-state index in [0.717, 1.165) is 12.5 Å². The van der Waals surface area contributed by atoms with Crippen molar-refractivity contribution in [3.05, 3.63) is 17.7 Å². The summed E-state index contributed by atoms with van der Waals surface area (Å²) in [7, 11) is 0. The lowest BCUT2D eigenvalue weighted by atomic mass is 9.94. The maximum absolute atomic E-state index is 4.57. The van der Waals surface area contributed by atoms with Crippen molar-refractivity contribution in [2.45, 2.75) is 52.5 Å². The summed E-state index contributed by atoms with van der Waals surface area (Å²) in [6.07, 6.45) is 4.58. The van der Waals surface area contributed by atoms with E-state index in [1.54, 1.807) is 0 Å². The van der Waals surface area contributed by atoms with Gasteiger partial charge in [0.1, 0.15) is 5.82 Å². The van der Waals surface area contributed by atoms with Crippen LogP contribution in [0.2, 0.25) is 0 Å². The van der Waals surface area contributed by atoms with Crippen LogP contribution in [-0.4, -0.2) is 9.55 Å². The van der Waals surface area contributed by atoms with E-state index in [9.17, 15) is 0 Å². The first kappa shape index (κ1) is 9.75. The van der Waals surface area contributed by atoms with Gasteiger partial charge in [0.15, 0.2) is 0 Å². The van der Waals surface area contributed by atoms with E-state index >= 15 is 0 Å². The highest BCUT2D eigenvalue weighted by Gasteiger charge is 2.25. The average molecular weight is 192 g/mol. The highest BCUT2D eigenvalue weighted by Crippen LogP contribution is 2.27. The molecule has 1 aromatic heterocycles. The second kappa shape index (κ2) is 3.11. The molecule has 0 aromatic carbocycles. The van der Waals surface area contributed by atoms with Gasteiger partial charge in [-0.3, -0.25) is 0 Å². The molecular weight excluding hydrogens is 172 g/mol. The molecule has 0 fully saturated rings. The van der Waals surface area contributed by atoms with Crippen molar-refractivity contribution >= 4 is 0 Å². The molecule has 0 spiro atoms. The van der Waals surface area contributed by atoms with Gasteiger partial charge in [0, 0.05) is 23.9 Å². The Morgan fingerprint density at radius 3 is 2.79 bits per heavy atom. The van der Waals surface area contributed by atoms with Crippen molar-refractivity contribution in [3.8, 4) is 0 Å². The third-order valence-electron chi connectivity index (χ3n) is 3.00. The predicted molar refractivity (Wildman–Crippen MR) is 58.4 cm³/mol. The molecule has 1 aromatic rings. The van der Waals surface area contributed by atoms with Gasteiger partial charge in [-0.25, -0.2) is 4.98 Å². The van der Waals surface area contributed by atoms with E-state index in [0.29, 0.717) is 0 Å². The standard InChI is InChI=1S/C12H20N2/c1-9-5-6-10-7-13-11(12(2,3)4)14(10)8-9/h7,9H,5-6,8H2,1-4H3. The number of fused-ring (bicyclic) bond motifs is 1. The molecule has 1 aliphatic rings. The Kier molecular flexibility index (Phi) is 2.17. The van der Waals surface area contributed by atoms with Gasteiger partial charge in [-0.15, -0.1) is 0 Å². The molecule has 2 heterocycles. The first-order valence-corrected chi connectivity index (χ1v) is 5.53. The average Bonchev–Trinajstić information content (AvgIpc) is 2.45. The Balaban J connectivity index is 2.41. The summed E-state index contributed by atoms with van der Waals surface area (Å²) in [5.74, 6) is 2.05. The lowest BCUT2D eigenvalue weighted by molar-refractivity contribution is 0.370. The summed E-state index contributed by atoms with van der Waals surface area (Å²) in [5, 5.41) is 0. The molecule has 2 nitrogen and oxygen atoms in total. The zero-order valence-corrected chi connectivity index (χ0v) is 9.67. The van der Waals surface area contributed by atoms with Crippen molar-refractivity contribution in [3.63, 3.8) is 0 Å². The molecule has 1 aliphatic heterocycles. The van der Waals surface area contributed by atoms with Crippen LogP contribution in [0, 0.1) is 5.92 Å². The van der Waals surface area contributed by atoms with Crippen LogP contribution in [0.3, 0.4) is 0 Å². The summed E-state index contributed by atoms with van der Waals surface area (Å²) >= 11 is 0. The van der Waals surface area contributed by atoms with E-state index in [2.05, 4.69) is 43.4 Å². The number of aromatic nitrogens is 2. The van der Waals surface area contributed by atoms with E-state index in [4.69, 9.17) is 0 Å². The van der Waals surface area contributed by atoms with Crippen molar-refractivity contribution in [2.24, 2.45) is 5.92 Å². The maximum atomic E-state index is 4.57. The second-order valence-corrected chi connectivity index (χ2v) is 5.58. The molecule has 2 heteroatoms. The van der Waals surface area contributed by atoms with Gasteiger partial charge in [0.05, 0.1) is 0 Å². The second-order valence-electron chi connectivity index (χ2n) is 5.58. The van der Waals surface area contributed by atoms with Crippen LogP contribution in [0.5, 0.6) is 0 Å². The van der Waals surface area contributed by atoms with E-state index < -0.39 is 0 Å². The smallest absolute Gasteiger partial charge is 0.114 e. The van der Waals surface area contributed by atoms with Crippen LogP contribution < -0.4 is 0 Å². The molecule has 1 unspecified atom stereocenters. The van der Waals surface area contributed by atoms with E-state index in [-0.39, 0.29) is 5.41 Å². The summed E-state index contributed by atoms with van der Waals surface area (Å²) in [5.41, 5.74) is 1.60. The lowest BCUT2D eigenvalue weighted by Crippen LogP contribution is -2.25. The first-order valence-electron chi connectivity index (χ1n) is 5.53. The predicted octanol–water partition coefficient (Wildman–Crippen LogP) is 2.76. The van der Waals surface area contributed by atoms with E-state index in [1.807, 2.05) is 0 Å². The molecular formula is C12H20N2. The summed E-state index contributed by atoms with van der Waals surface area (Å²) in [4.78, 5) is 4.57. The number of hydrogen-bond acceptors (Lipinski definition) is 1. The Labute approximate surface area is 86.3 Å². The summed E-state index contributed by atoms with van der Waals surface area (Å²) < 4.78 is 2.42. The van der Waals surface area contributed by atoms with Crippen molar-refractivity contribution in [1.29, 1.82) is 0 Å². The summed E-state index contributed by atoms with van der Waals surface area (Å²) in [6, 6.07) is 0. The minimum atomic E-state index is 0.176. The number of aryl methyl sites for hydroxylation is 1. The van der Waals surface area contributed by atoms with Gasteiger partial charge < -0.3 is 4.57 Å². The van der Waals surface area contributed by atoms with Crippen LogP contribution in [0.1, 0.15) is 45.6 Å². The van der Waals surface area contributed by atoms with Crippen LogP contribution in [0.4, 0.5) is 0 Å². The zero-order valence-electron chi connectivity index (χ0n) is 9.67. The number of nitrogens with zero attached hydrogens (tertiary/aromatic N) is 2. The minimum absolute atomic E-state index is 0.176. The first-order chi connectivity index (χ1) is 6.48. The van der Waals surface area contributed by atoms with Crippen LogP contribution in [0.15, 0.2) is 6.20 Å². The van der Waals surface area contributed by atoms with Gasteiger partial charge in [-0.1, -0.05) is 27.7 Å². The molecule has 2 rings (SSSR count). The number of hydrogen-bond donors (Lipinski definition) is 0. The van der Waals surface area contributed by atoms with Crippen molar-refractivity contribution in [2.75, 3.05) is 0 Å². The number of imidazole rings is 1. The molecule has 0 N–H and O–H groups in total. The van der Waals surface area contributed by atoms with Crippen molar-refractivity contribution in [1.82, 2.24) is 9.55 Å². The molecule has 1 atom stereocenters. The molecule has 0 amide bonds. The quantitative estimate of drug-likeness (QED) is 0.618. The van der Waals surface area contributed by atoms with Gasteiger partial charge in [0.2, 0.25) is 0 Å². The molecule has 0 radical (unpaired) electrons. The van der Waals surface area contributed by atoms with Crippen LogP contribution in [-0.2, 0) is 18.4 Å². The SMILES string of the molecule is CC1CCc2cnc(C(C)(C)C)n2C1. The summed E-state index contributed by atoms with van der Waals surface area (Å²) in [6.45, 7) is 10.2. The lowest BCUT2D eigenvalue weighted by Gasteiger charge is -2.26. The van der Waals surface area contributed by atoms with Crippen LogP contribution in [0.25, 0.3) is 0 Å². The molecule has 0 saturated heterocycles. The Morgan fingerprint density at radius 1 is 1.43 bits per heavy atom. The molecule has 0 saturated carbocycles. The molecule has 14 heavy (non-hydrogen) atoms. The van der Waals surface area contributed by atoms with Gasteiger partial charge in [-0.2, -0.15) is 0 Å². The molecule has 78 valence electrons. The van der Waals surface area contributed by atoms with E-state index in [1.165, 1.54) is 24.4 Å².